The lowest BCUT2D eigenvalue weighted by atomic mass is 9.81. The lowest BCUT2D eigenvalue weighted by Gasteiger charge is -2.44. The predicted octanol–water partition coefficient (Wildman–Crippen LogP) is 4.67. The molecule has 0 saturated carbocycles. The van der Waals surface area contributed by atoms with E-state index in [2.05, 4.69) is 0 Å². The summed E-state index contributed by atoms with van der Waals surface area (Å²) >= 11 is 6.03. The largest absolute Gasteiger partial charge is 0.486 e. The van der Waals surface area contributed by atoms with E-state index in [0.717, 1.165) is 16.7 Å². The van der Waals surface area contributed by atoms with Crippen molar-refractivity contribution in [3.63, 3.8) is 0 Å². The third-order valence-electron chi connectivity index (χ3n) is 6.04. The van der Waals surface area contributed by atoms with Gasteiger partial charge in [0, 0.05) is 31.0 Å². The molecule has 2 aromatic carbocycles. The summed E-state index contributed by atoms with van der Waals surface area (Å²) in [6.45, 7) is 6.95. The van der Waals surface area contributed by atoms with Crippen LogP contribution in [0, 0.1) is 20.8 Å². The quantitative estimate of drug-likeness (QED) is 0.714. The number of piperidine rings is 1. The molecule has 2 aliphatic rings. The van der Waals surface area contributed by atoms with E-state index in [1.807, 2.05) is 39.0 Å². The summed E-state index contributed by atoms with van der Waals surface area (Å²) in [4.78, 5) is 27.2. The Morgan fingerprint density at radius 3 is 2.57 bits per heavy atom. The van der Waals surface area contributed by atoms with Crippen LogP contribution < -0.4 is 9.47 Å². The Balaban J connectivity index is 1.38. The van der Waals surface area contributed by atoms with Crippen LogP contribution >= 0.6 is 11.6 Å². The van der Waals surface area contributed by atoms with Crippen molar-refractivity contribution in [3.8, 4) is 11.5 Å². The molecule has 0 radical (unpaired) electrons. The smallest absolute Gasteiger partial charge is 0.260 e. The van der Waals surface area contributed by atoms with Crippen LogP contribution in [0.5, 0.6) is 11.5 Å². The molecule has 158 valence electrons. The van der Waals surface area contributed by atoms with Crippen molar-refractivity contribution in [1.82, 2.24) is 4.90 Å². The summed E-state index contributed by atoms with van der Waals surface area (Å²) in [7, 11) is 0. The second kappa shape index (κ2) is 7.95. The molecule has 5 nitrogen and oxygen atoms in total. The van der Waals surface area contributed by atoms with Crippen LogP contribution in [0.3, 0.4) is 0 Å². The number of halogens is 1. The highest BCUT2D eigenvalue weighted by molar-refractivity contribution is 6.31. The number of aryl methyl sites for hydroxylation is 3. The van der Waals surface area contributed by atoms with Gasteiger partial charge < -0.3 is 14.4 Å². The van der Waals surface area contributed by atoms with Crippen molar-refractivity contribution in [2.75, 3.05) is 19.7 Å². The molecule has 0 aliphatic carbocycles. The molecule has 1 amide bonds. The van der Waals surface area contributed by atoms with Crippen LogP contribution in [0.1, 0.15) is 46.3 Å². The number of Topliss-reactive ketones (excluding diaryl/α,β-unsaturated/α-hetero) is 1. The number of amides is 1. The fourth-order valence-corrected chi connectivity index (χ4v) is 4.44. The molecule has 4 rings (SSSR count). The van der Waals surface area contributed by atoms with Gasteiger partial charge in [-0.15, -0.1) is 0 Å². The minimum Gasteiger partial charge on any atom is -0.486 e. The monoisotopic (exact) mass is 427 g/mol. The number of hydrogen-bond acceptors (Lipinski definition) is 4. The second-order valence-corrected chi connectivity index (χ2v) is 8.83. The lowest BCUT2D eigenvalue weighted by Crippen LogP contribution is -2.53. The summed E-state index contributed by atoms with van der Waals surface area (Å²) in [5.74, 6) is 1.40. The van der Waals surface area contributed by atoms with Gasteiger partial charge in [0.25, 0.3) is 5.91 Å². The van der Waals surface area contributed by atoms with Crippen LogP contribution in [0.15, 0.2) is 30.3 Å². The van der Waals surface area contributed by atoms with Gasteiger partial charge in [-0.25, -0.2) is 0 Å². The summed E-state index contributed by atoms with van der Waals surface area (Å²) in [6.07, 6.45) is 1.64. The predicted molar refractivity (Wildman–Crippen MR) is 116 cm³/mol. The van der Waals surface area contributed by atoms with Crippen molar-refractivity contribution in [2.24, 2.45) is 0 Å². The zero-order valence-corrected chi connectivity index (χ0v) is 18.3. The number of ketones is 1. The van der Waals surface area contributed by atoms with E-state index in [9.17, 15) is 9.59 Å². The van der Waals surface area contributed by atoms with Gasteiger partial charge in [0.1, 0.15) is 17.1 Å². The Morgan fingerprint density at radius 1 is 1.13 bits per heavy atom. The molecule has 0 atom stereocenters. The Morgan fingerprint density at radius 2 is 1.87 bits per heavy atom. The van der Waals surface area contributed by atoms with E-state index in [1.165, 1.54) is 0 Å². The number of carbonyl (C=O) groups is 2. The van der Waals surface area contributed by atoms with Gasteiger partial charge in [-0.2, -0.15) is 0 Å². The first-order chi connectivity index (χ1) is 14.3. The first-order valence-electron chi connectivity index (χ1n) is 10.3. The van der Waals surface area contributed by atoms with Crippen LogP contribution in [-0.2, 0) is 4.79 Å². The molecule has 6 heteroatoms. The highest BCUT2D eigenvalue weighted by Gasteiger charge is 2.44. The van der Waals surface area contributed by atoms with Gasteiger partial charge in [0.15, 0.2) is 12.4 Å². The van der Waals surface area contributed by atoms with Crippen molar-refractivity contribution >= 4 is 23.3 Å². The van der Waals surface area contributed by atoms with E-state index in [1.54, 1.807) is 17.0 Å². The summed E-state index contributed by atoms with van der Waals surface area (Å²) < 4.78 is 12.0. The van der Waals surface area contributed by atoms with Crippen molar-refractivity contribution in [1.29, 1.82) is 0 Å². The van der Waals surface area contributed by atoms with Gasteiger partial charge in [-0.1, -0.05) is 17.7 Å². The Labute approximate surface area is 181 Å². The number of rotatable bonds is 3. The molecule has 0 N–H and O–H groups in total. The van der Waals surface area contributed by atoms with E-state index in [-0.39, 0.29) is 18.3 Å². The SMILES string of the molecule is Cc1cc(C)c2c(c1)C(=O)CC1(CCN(C(=O)COc3ccc(Cl)c(C)c3)CC1)O2. The van der Waals surface area contributed by atoms with Crippen LogP contribution in [0.25, 0.3) is 0 Å². The molecular formula is C24H26ClNO4. The molecular weight excluding hydrogens is 402 g/mol. The molecule has 0 aromatic heterocycles. The molecule has 0 bridgehead atoms. The van der Waals surface area contributed by atoms with E-state index >= 15 is 0 Å². The third-order valence-corrected chi connectivity index (χ3v) is 6.46. The van der Waals surface area contributed by atoms with Gasteiger partial charge in [-0.3, -0.25) is 9.59 Å². The van der Waals surface area contributed by atoms with Crippen molar-refractivity contribution < 1.29 is 19.1 Å². The lowest BCUT2D eigenvalue weighted by molar-refractivity contribution is -0.136. The molecule has 2 aromatic rings. The first-order valence-corrected chi connectivity index (χ1v) is 10.6. The number of hydrogen-bond donors (Lipinski definition) is 0. The number of carbonyl (C=O) groups excluding carboxylic acids is 2. The Bertz CT molecular complexity index is 1010. The van der Waals surface area contributed by atoms with Gasteiger partial charge in [0.2, 0.25) is 0 Å². The van der Waals surface area contributed by atoms with E-state index in [0.29, 0.717) is 54.4 Å². The minimum atomic E-state index is -0.519. The van der Waals surface area contributed by atoms with Crippen LogP contribution in [0.2, 0.25) is 5.02 Å². The van der Waals surface area contributed by atoms with Crippen molar-refractivity contribution in [3.05, 3.63) is 57.6 Å². The van der Waals surface area contributed by atoms with E-state index in [4.69, 9.17) is 21.1 Å². The van der Waals surface area contributed by atoms with Crippen molar-refractivity contribution in [2.45, 2.75) is 45.6 Å². The van der Waals surface area contributed by atoms with Gasteiger partial charge in [0.05, 0.1) is 12.0 Å². The fourth-order valence-electron chi connectivity index (χ4n) is 4.32. The molecule has 1 saturated heterocycles. The number of fused-ring (bicyclic) bond motifs is 1. The zero-order chi connectivity index (χ0) is 21.5. The topological polar surface area (TPSA) is 55.8 Å². The maximum Gasteiger partial charge on any atom is 0.260 e. The summed E-state index contributed by atoms with van der Waals surface area (Å²) in [6, 6.07) is 9.30. The molecule has 2 heterocycles. The number of likely N-dealkylation sites (tertiary alicyclic amines) is 1. The average Bonchev–Trinajstić information content (AvgIpc) is 2.70. The molecule has 30 heavy (non-hydrogen) atoms. The molecule has 0 unspecified atom stereocenters. The minimum absolute atomic E-state index is 0.0188. The highest BCUT2D eigenvalue weighted by Crippen LogP contribution is 2.41. The second-order valence-electron chi connectivity index (χ2n) is 8.42. The van der Waals surface area contributed by atoms with Gasteiger partial charge in [-0.05, 0) is 61.7 Å². The highest BCUT2D eigenvalue weighted by atomic mass is 35.5. The van der Waals surface area contributed by atoms with Gasteiger partial charge >= 0.3 is 0 Å². The third kappa shape index (κ3) is 4.04. The van der Waals surface area contributed by atoms with Crippen LogP contribution in [-0.4, -0.2) is 41.9 Å². The zero-order valence-electron chi connectivity index (χ0n) is 17.6. The van der Waals surface area contributed by atoms with E-state index < -0.39 is 5.60 Å². The number of ether oxygens (including phenoxy) is 2. The Kier molecular flexibility index (Phi) is 5.49. The summed E-state index contributed by atoms with van der Waals surface area (Å²) in [5.41, 5.74) is 3.13. The normalized spacial score (nSPS) is 17.5. The maximum atomic E-state index is 12.8. The average molecular weight is 428 g/mol. The number of benzene rings is 2. The standard InChI is InChI=1S/C24H26ClNO4/c1-15-10-17(3)23-19(11-15)21(27)13-24(30-23)6-8-26(9-7-24)22(28)14-29-18-4-5-20(25)16(2)12-18/h4-5,10-12H,6-9,13-14H2,1-3H3. The maximum absolute atomic E-state index is 12.8. The number of nitrogens with zero attached hydrogens (tertiary/aromatic N) is 1. The molecule has 2 aliphatic heterocycles. The first kappa shape index (κ1) is 20.7. The molecule has 1 spiro atoms. The molecule has 1 fully saturated rings. The van der Waals surface area contributed by atoms with Crippen LogP contribution in [0.4, 0.5) is 0 Å². The summed E-state index contributed by atoms with van der Waals surface area (Å²) in [5, 5.41) is 0.670. The fraction of sp³-hybridized carbons (Fsp3) is 0.417. The Hall–Kier alpha value is -2.53.